The minimum absolute atomic E-state index is 0.342. The second-order valence-electron chi connectivity index (χ2n) is 3.22. The molecule has 1 atom stereocenters. The Morgan fingerprint density at radius 1 is 1.69 bits per heavy atom. The first kappa shape index (κ1) is 9.88. The summed E-state index contributed by atoms with van der Waals surface area (Å²) in [5.41, 5.74) is 1.18. The molecule has 0 saturated carbocycles. The van der Waals surface area contributed by atoms with Gasteiger partial charge in [0.1, 0.15) is 5.76 Å². The van der Waals surface area contributed by atoms with Crippen molar-refractivity contribution < 1.29 is 4.42 Å². The molecule has 1 heterocycles. The van der Waals surface area contributed by atoms with Gasteiger partial charge in [-0.3, -0.25) is 0 Å². The van der Waals surface area contributed by atoms with Gasteiger partial charge in [-0.1, -0.05) is 0 Å². The van der Waals surface area contributed by atoms with Crippen LogP contribution < -0.4 is 5.32 Å². The molecule has 13 heavy (non-hydrogen) atoms. The van der Waals surface area contributed by atoms with Gasteiger partial charge in [0.15, 0.2) is 0 Å². The van der Waals surface area contributed by atoms with Gasteiger partial charge in [-0.2, -0.15) is 0 Å². The van der Waals surface area contributed by atoms with Crippen molar-refractivity contribution in [2.75, 3.05) is 0 Å². The third-order valence-electron chi connectivity index (χ3n) is 2.00. The molecule has 2 heteroatoms. The van der Waals surface area contributed by atoms with Crippen molar-refractivity contribution in [2.45, 2.75) is 32.9 Å². The summed E-state index contributed by atoms with van der Waals surface area (Å²) < 4.78 is 5.28. The van der Waals surface area contributed by atoms with Crippen molar-refractivity contribution in [3.05, 3.63) is 23.7 Å². The van der Waals surface area contributed by atoms with E-state index in [9.17, 15) is 0 Å². The first-order valence-corrected chi connectivity index (χ1v) is 4.44. The van der Waals surface area contributed by atoms with Crippen LogP contribution in [0.5, 0.6) is 0 Å². The third-order valence-corrected chi connectivity index (χ3v) is 2.00. The minimum Gasteiger partial charge on any atom is -0.468 e. The van der Waals surface area contributed by atoms with E-state index in [1.54, 1.807) is 6.26 Å². The highest BCUT2D eigenvalue weighted by Gasteiger charge is 2.03. The van der Waals surface area contributed by atoms with Crippen LogP contribution in [0.15, 0.2) is 16.7 Å². The number of furan rings is 1. The Balaban J connectivity index is 2.36. The van der Waals surface area contributed by atoms with E-state index in [0.29, 0.717) is 6.04 Å². The van der Waals surface area contributed by atoms with E-state index in [1.807, 2.05) is 13.0 Å². The van der Waals surface area contributed by atoms with Gasteiger partial charge in [-0.15, -0.1) is 12.3 Å². The highest BCUT2D eigenvalue weighted by molar-refractivity contribution is 5.14. The quantitative estimate of drug-likeness (QED) is 0.712. The van der Waals surface area contributed by atoms with Crippen LogP contribution >= 0.6 is 0 Å². The second-order valence-corrected chi connectivity index (χ2v) is 3.22. The Labute approximate surface area is 79.3 Å². The molecule has 1 rings (SSSR count). The van der Waals surface area contributed by atoms with Crippen molar-refractivity contribution in [2.24, 2.45) is 0 Å². The summed E-state index contributed by atoms with van der Waals surface area (Å²) >= 11 is 0. The molecule has 0 bridgehead atoms. The summed E-state index contributed by atoms with van der Waals surface area (Å²) in [5.74, 6) is 3.61. The van der Waals surface area contributed by atoms with Crippen LogP contribution in [0.25, 0.3) is 0 Å². The molecule has 2 nitrogen and oxygen atoms in total. The van der Waals surface area contributed by atoms with Gasteiger partial charge in [0.25, 0.3) is 0 Å². The lowest BCUT2D eigenvalue weighted by Crippen LogP contribution is -2.24. The fourth-order valence-electron chi connectivity index (χ4n) is 1.10. The lowest BCUT2D eigenvalue weighted by Gasteiger charge is -2.09. The molecule has 1 aromatic heterocycles. The van der Waals surface area contributed by atoms with Crippen molar-refractivity contribution in [1.82, 2.24) is 5.32 Å². The minimum atomic E-state index is 0.342. The first-order valence-electron chi connectivity index (χ1n) is 4.44. The van der Waals surface area contributed by atoms with Gasteiger partial charge < -0.3 is 9.73 Å². The molecule has 70 valence electrons. The summed E-state index contributed by atoms with van der Waals surface area (Å²) in [6, 6.07) is 2.30. The molecule has 0 aliphatic heterocycles. The van der Waals surface area contributed by atoms with Gasteiger partial charge in [0, 0.05) is 12.5 Å². The zero-order chi connectivity index (χ0) is 9.68. The Morgan fingerprint density at radius 3 is 3.00 bits per heavy atom. The topological polar surface area (TPSA) is 25.2 Å². The molecule has 0 aliphatic carbocycles. The largest absolute Gasteiger partial charge is 0.468 e. The first-order chi connectivity index (χ1) is 6.24. The molecular weight excluding hydrogens is 162 g/mol. The normalized spacial score (nSPS) is 12.4. The monoisotopic (exact) mass is 177 g/mol. The summed E-state index contributed by atoms with van der Waals surface area (Å²) in [6.45, 7) is 4.85. The SMILES string of the molecule is C#CCC(C)NCc1occc1C. The number of terminal acetylenes is 1. The highest BCUT2D eigenvalue weighted by Crippen LogP contribution is 2.08. The van der Waals surface area contributed by atoms with E-state index in [0.717, 1.165) is 18.7 Å². The fraction of sp³-hybridized carbons (Fsp3) is 0.455. The lowest BCUT2D eigenvalue weighted by atomic mass is 10.2. The van der Waals surface area contributed by atoms with Gasteiger partial charge >= 0.3 is 0 Å². The predicted molar refractivity (Wildman–Crippen MR) is 53.2 cm³/mol. The van der Waals surface area contributed by atoms with Crippen molar-refractivity contribution in [3.63, 3.8) is 0 Å². The van der Waals surface area contributed by atoms with Gasteiger partial charge in [0.2, 0.25) is 0 Å². The standard InChI is InChI=1S/C11H15NO/c1-4-5-10(3)12-8-11-9(2)6-7-13-11/h1,6-7,10,12H,5,8H2,2-3H3. The fourth-order valence-corrected chi connectivity index (χ4v) is 1.10. The molecule has 1 unspecified atom stereocenters. The van der Waals surface area contributed by atoms with Gasteiger partial charge in [0.05, 0.1) is 12.8 Å². The summed E-state index contributed by atoms with van der Waals surface area (Å²) in [4.78, 5) is 0. The van der Waals surface area contributed by atoms with E-state index in [4.69, 9.17) is 10.8 Å². The smallest absolute Gasteiger partial charge is 0.120 e. The molecule has 0 spiro atoms. The van der Waals surface area contributed by atoms with Crippen molar-refractivity contribution in [3.8, 4) is 12.3 Å². The van der Waals surface area contributed by atoms with E-state index in [1.165, 1.54) is 5.56 Å². The molecule has 0 saturated heterocycles. The maximum absolute atomic E-state index is 5.28. The molecule has 0 fully saturated rings. The number of aryl methyl sites for hydroxylation is 1. The Morgan fingerprint density at radius 2 is 2.46 bits per heavy atom. The van der Waals surface area contributed by atoms with Crippen LogP contribution in [0.2, 0.25) is 0 Å². The van der Waals surface area contributed by atoms with Gasteiger partial charge in [-0.25, -0.2) is 0 Å². The Bertz CT molecular complexity index is 295. The summed E-state index contributed by atoms with van der Waals surface area (Å²) in [5, 5.41) is 3.29. The number of nitrogens with one attached hydrogen (secondary N) is 1. The van der Waals surface area contributed by atoms with Crippen LogP contribution in [-0.2, 0) is 6.54 Å². The molecule has 1 N–H and O–H groups in total. The summed E-state index contributed by atoms with van der Waals surface area (Å²) in [6.07, 6.45) is 7.65. The highest BCUT2D eigenvalue weighted by atomic mass is 16.3. The average molecular weight is 177 g/mol. The lowest BCUT2D eigenvalue weighted by molar-refractivity contribution is 0.455. The van der Waals surface area contributed by atoms with Crippen LogP contribution in [0.1, 0.15) is 24.7 Å². The Kier molecular flexibility index (Phi) is 3.60. The van der Waals surface area contributed by atoms with E-state index in [2.05, 4.69) is 18.2 Å². The number of hydrogen-bond acceptors (Lipinski definition) is 2. The number of hydrogen-bond donors (Lipinski definition) is 1. The zero-order valence-electron chi connectivity index (χ0n) is 8.13. The molecular formula is C11H15NO. The van der Waals surface area contributed by atoms with Crippen LogP contribution in [0.4, 0.5) is 0 Å². The summed E-state index contributed by atoms with van der Waals surface area (Å²) in [7, 11) is 0. The molecule has 0 aliphatic rings. The molecule has 1 aromatic rings. The van der Waals surface area contributed by atoms with Crippen molar-refractivity contribution >= 4 is 0 Å². The number of rotatable bonds is 4. The Hall–Kier alpha value is -1.20. The van der Waals surface area contributed by atoms with E-state index < -0.39 is 0 Å². The maximum Gasteiger partial charge on any atom is 0.120 e. The van der Waals surface area contributed by atoms with Crippen LogP contribution in [0.3, 0.4) is 0 Å². The second kappa shape index (κ2) is 4.74. The van der Waals surface area contributed by atoms with Crippen molar-refractivity contribution in [1.29, 1.82) is 0 Å². The maximum atomic E-state index is 5.28. The van der Waals surface area contributed by atoms with Gasteiger partial charge in [-0.05, 0) is 25.5 Å². The van der Waals surface area contributed by atoms with E-state index in [-0.39, 0.29) is 0 Å². The predicted octanol–water partition coefficient (Wildman–Crippen LogP) is 2.09. The third kappa shape index (κ3) is 2.96. The zero-order valence-corrected chi connectivity index (χ0v) is 8.13. The van der Waals surface area contributed by atoms with Crippen LogP contribution in [-0.4, -0.2) is 6.04 Å². The molecule has 0 amide bonds. The van der Waals surface area contributed by atoms with Crippen LogP contribution in [0, 0.1) is 19.3 Å². The molecule has 0 aromatic carbocycles. The molecule has 0 radical (unpaired) electrons. The average Bonchev–Trinajstić information content (AvgIpc) is 2.48. The van der Waals surface area contributed by atoms with E-state index >= 15 is 0 Å².